The first-order chi connectivity index (χ1) is 10.9. The molecule has 4 heteroatoms. The van der Waals surface area contributed by atoms with Gasteiger partial charge in [-0.25, -0.2) is 0 Å². The monoisotopic (exact) mass is 374 g/mol. The maximum absolute atomic E-state index is 12.5. The summed E-state index contributed by atoms with van der Waals surface area (Å²) < 4.78 is 0.902. The van der Waals surface area contributed by atoms with Gasteiger partial charge in [0.15, 0.2) is 0 Å². The minimum absolute atomic E-state index is 0.00867. The molecule has 0 aliphatic rings. The molecule has 2 aromatic carbocycles. The molecule has 0 fully saturated rings. The van der Waals surface area contributed by atoms with E-state index in [1.165, 1.54) is 11.1 Å². The Morgan fingerprint density at radius 3 is 2.57 bits per heavy atom. The second kappa shape index (κ2) is 7.75. The third kappa shape index (κ3) is 4.66. The number of rotatable bonds is 5. The van der Waals surface area contributed by atoms with Crippen LogP contribution in [0.2, 0.25) is 0 Å². The van der Waals surface area contributed by atoms with Crippen molar-refractivity contribution in [1.82, 2.24) is 4.90 Å². The van der Waals surface area contributed by atoms with E-state index in [4.69, 9.17) is 0 Å². The maximum atomic E-state index is 12.5. The van der Waals surface area contributed by atoms with Crippen LogP contribution in [0, 0.1) is 13.8 Å². The highest BCUT2D eigenvalue weighted by Gasteiger charge is 2.19. The highest BCUT2D eigenvalue weighted by Crippen LogP contribution is 2.23. The van der Waals surface area contributed by atoms with Crippen molar-refractivity contribution in [2.24, 2.45) is 0 Å². The zero-order valence-corrected chi connectivity index (χ0v) is 15.6. The molecule has 0 heterocycles. The van der Waals surface area contributed by atoms with Crippen molar-refractivity contribution in [1.29, 1.82) is 0 Å². The number of anilines is 1. The van der Waals surface area contributed by atoms with Gasteiger partial charge < -0.3 is 5.32 Å². The van der Waals surface area contributed by atoms with Gasteiger partial charge in [-0.3, -0.25) is 9.69 Å². The number of hydrogen-bond donors (Lipinski definition) is 1. The van der Waals surface area contributed by atoms with Crippen molar-refractivity contribution in [3.8, 4) is 0 Å². The van der Waals surface area contributed by atoms with Crippen molar-refractivity contribution in [2.45, 2.75) is 33.4 Å². The Kier molecular flexibility index (Phi) is 5.97. The van der Waals surface area contributed by atoms with Crippen LogP contribution in [-0.4, -0.2) is 23.9 Å². The van der Waals surface area contributed by atoms with E-state index in [0.717, 1.165) is 22.3 Å². The third-order valence-electron chi connectivity index (χ3n) is 4.10. The molecule has 122 valence electrons. The Hall–Kier alpha value is -1.65. The second-order valence-corrected chi connectivity index (χ2v) is 6.84. The molecule has 1 N–H and O–H groups in total. The normalized spacial score (nSPS) is 12.3. The SMILES string of the molecule is Cc1ccc(NC(=O)C(C)N(C)Cc2ccccc2C)c(Br)c1. The van der Waals surface area contributed by atoms with Crippen LogP contribution in [0.15, 0.2) is 46.9 Å². The molecule has 1 atom stereocenters. The van der Waals surface area contributed by atoms with E-state index in [0.29, 0.717) is 0 Å². The van der Waals surface area contributed by atoms with Gasteiger partial charge in [-0.05, 0) is 72.6 Å². The summed E-state index contributed by atoms with van der Waals surface area (Å²) in [5.74, 6) is -0.00867. The topological polar surface area (TPSA) is 32.3 Å². The average molecular weight is 375 g/mol. The van der Waals surface area contributed by atoms with Crippen LogP contribution < -0.4 is 5.32 Å². The van der Waals surface area contributed by atoms with E-state index in [9.17, 15) is 4.79 Å². The molecule has 0 spiro atoms. The van der Waals surface area contributed by atoms with Crippen LogP contribution in [0.3, 0.4) is 0 Å². The smallest absolute Gasteiger partial charge is 0.241 e. The lowest BCUT2D eigenvalue weighted by atomic mass is 10.1. The summed E-state index contributed by atoms with van der Waals surface area (Å²) in [4.78, 5) is 14.5. The molecule has 1 amide bonds. The Morgan fingerprint density at radius 1 is 1.22 bits per heavy atom. The van der Waals surface area contributed by atoms with E-state index >= 15 is 0 Å². The maximum Gasteiger partial charge on any atom is 0.241 e. The molecule has 23 heavy (non-hydrogen) atoms. The van der Waals surface area contributed by atoms with Gasteiger partial charge in [0.25, 0.3) is 0 Å². The fourth-order valence-electron chi connectivity index (χ4n) is 2.35. The lowest BCUT2D eigenvalue weighted by molar-refractivity contribution is -0.120. The van der Waals surface area contributed by atoms with E-state index in [1.54, 1.807) is 0 Å². The number of carbonyl (C=O) groups excluding carboxylic acids is 1. The summed E-state index contributed by atoms with van der Waals surface area (Å²) in [5, 5.41) is 2.99. The van der Waals surface area contributed by atoms with Crippen LogP contribution in [0.25, 0.3) is 0 Å². The number of benzene rings is 2. The number of amides is 1. The predicted octanol–water partition coefficient (Wildman–Crippen LogP) is 4.52. The summed E-state index contributed by atoms with van der Waals surface area (Å²) in [7, 11) is 1.97. The molecule has 0 saturated carbocycles. The van der Waals surface area contributed by atoms with Crippen molar-refractivity contribution in [2.75, 3.05) is 12.4 Å². The first-order valence-corrected chi connectivity index (χ1v) is 8.49. The highest BCUT2D eigenvalue weighted by molar-refractivity contribution is 9.10. The predicted molar refractivity (Wildman–Crippen MR) is 99.6 cm³/mol. The van der Waals surface area contributed by atoms with Crippen LogP contribution in [-0.2, 0) is 11.3 Å². The third-order valence-corrected chi connectivity index (χ3v) is 4.76. The quantitative estimate of drug-likeness (QED) is 0.833. The molecule has 3 nitrogen and oxygen atoms in total. The molecule has 2 rings (SSSR count). The van der Waals surface area contributed by atoms with Gasteiger partial charge in [-0.1, -0.05) is 30.3 Å². The van der Waals surface area contributed by atoms with Crippen LogP contribution >= 0.6 is 15.9 Å². The van der Waals surface area contributed by atoms with E-state index in [-0.39, 0.29) is 11.9 Å². The standard InChI is InChI=1S/C19H23BrN2O/c1-13-9-10-18(17(20)11-13)21-19(23)15(3)22(4)12-16-8-6-5-7-14(16)2/h5-11,15H,12H2,1-4H3,(H,21,23). The van der Waals surface area contributed by atoms with Crippen LogP contribution in [0.5, 0.6) is 0 Å². The summed E-state index contributed by atoms with van der Waals surface area (Å²) in [6.07, 6.45) is 0. The number of halogens is 1. The summed E-state index contributed by atoms with van der Waals surface area (Å²) in [6.45, 7) is 6.79. The van der Waals surface area contributed by atoms with Gasteiger partial charge in [-0.2, -0.15) is 0 Å². The Labute approximate surface area is 146 Å². The number of hydrogen-bond acceptors (Lipinski definition) is 2. The van der Waals surface area contributed by atoms with Gasteiger partial charge in [0.05, 0.1) is 11.7 Å². The number of likely N-dealkylation sites (N-methyl/N-ethyl adjacent to an activating group) is 1. The van der Waals surface area contributed by atoms with Gasteiger partial charge in [0.2, 0.25) is 5.91 Å². The number of carbonyl (C=O) groups is 1. The fraction of sp³-hybridized carbons (Fsp3) is 0.316. The molecular formula is C19H23BrN2O. The van der Waals surface area contributed by atoms with Crippen LogP contribution in [0.4, 0.5) is 5.69 Å². The molecule has 0 aromatic heterocycles. The number of nitrogens with zero attached hydrogens (tertiary/aromatic N) is 1. The first kappa shape index (κ1) is 17.7. The fourth-order valence-corrected chi connectivity index (χ4v) is 2.94. The number of nitrogens with one attached hydrogen (secondary N) is 1. The van der Waals surface area contributed by atoms with Crippen molar-refractivity contribution >= 4 is 27.5 Å². The average Bonchev–Trinajstić information content (AvgIpc) is 2.51. The molecule has 1 unspecified atom stereocenters. The Balaban J connectivity index is 2.02. The first-order valence-electron chi connectivity index (χ1n) is 7.70. The largest absolute Gasteiger partial charge is 0.324 e. The lowest BCUT2D eigenvalue weighted by Crippen LogP contribution is -2.39. The van der Waals surface area contributed by atoms with E-state index in [2.05, 4.69) is 45.2 Å². The summed E-state index contributed by atoms with van der Waals surface area (Å²) >= 11 is 3.50. The molecular weight excluding hydrogens is 352 g/mol. The lowest BCUT2D eigenvalue weighted by Gasteiger charge is -2.25. The summed E-state index contributed by atoms with van der Waals surface area (Å²) in [5.41, 5.74) is 4.44. The Morgan fingerprint density at radius 2 is 1.91 bits per heavy atom. The number of aryl methyl sites for hydroxylation is 2. The van der Waals surface area contributed by atoms with E-state index in [1.807, 2.05) is 51.2 Å². The Bertz CT molecular complexity index is 700. The minimum Gasteiger partial charge on any atom is -0.324 e. The zero-order valence-electron chi connectivity index (χ0n) is 14.1. The van der Waals surface area contributed by atoms with E-state index < -0.39 is 0 Å². The molecule has 0 aliphatic carbocycles. The zero-order chi connectivity index (χ0) is 17.0. The van der Waals surface area contributed by atoms with Gasteiger partial charge in [-0.15, -0.1) is 0 Å². The molecule has 2 aromatic rings. The molecule has 0 aliphatic heterocycles. The second-order valence-electron chi connectivity index (χ2n) is 5.99. The highest BCUT2D eigenvalue weighted by atomic mass is 79.9. The van der Waals surface area contributed by atoms with Crippen LogP contribution in [0.1, 0.15) is 23.6 Å². The van der Waals surface area contributed by atoms with Gasteiger partial charge in [0.1, 0.15) is 0 Å². The molecule has 0 bridgehead atoms. The van der Waals surface area contributed by atoms with Crippen molar-refractivity contribution in [3.63, 3.8) is 0 Å². The summed E-state index contributed by atoms with van der Waals surface area (Å²) in [6, 6.07) is 14.0. The van der Waals surface area contributed by atoms with Crippen molar-refractivity contribution < 1.29 is 4.79 Å². The molecule has 0 saturated heterocycles. The minimum atomic E-state index is -0.220. The van der Waals surface area contributed by atoms with Crippen molar-refractivity contribution in [3.05, 3.63) is 63.6 Å². The van der Waals surface area contributed by atoms with Gasteiger partial charge in [0, 0.05) is 11.0 Å². The van der Waals surface area contributed by atoms with Gasteiger partial charge >= 0.3 is 0 Å². The molecule has 0 radical (unpaired) electrons.